The van der Waals surface area contributed by atoms with Gasteiger partial charge in [-0.1, -0.05) is 37.6 Å². The van der Waals surface area contributed by atoms with E-state index in [0.717, 1.165) is 35.5 Å². The predicted octanol–water partition coefficient (Wildman–Crippen LogP) is 2.75. The Labute approximate surface area is 118 Å². The number of esters is 1. The average Bonchev–Trinajstić information content (AvgIpc) is 2.78. The Bertz CT molecular complexity index is 695. The molecule has 0 saturated carbocycles. The lowest BCUT2D eigenvalue weighted by atomic mass is 10.2. The maximum atomic E-state index is 11.6. The van der Waals surface area contributed by atoms with E-state index in [1.165, 1.54) is 6.08 Å². The summed E-state index contributed by atoms with van der Waals surface area (Å²) < 4.78 is 10.8. The van der Waals surface area contributed by atoms with E-state index in [1.807, 2.05) is 24.3 Å². The largest absolute Gasteiger partial charge is 0.463 e. The highest BCUT2D eigenvalue weighted by Crippen LogP contribution is 2.06. The summed E-state index contributed by atoms with van der Waals surface area (Å²) in [4.78, 5) is 11.6. The van der Waals surface area contributed by atoms with Crippen molar-refractivity contribution in [1.82, 2.24) is 0 Å². The van der Waals surface area contributed by atoms with Crippen LogP contribution in [0.15, 0.2) is 28.7 Å². The first-order valence-corrected chi connectivity index (χ1v) is 7.12. The van der Waals surface area contributed by atoms with Crippen molar-refractivity contribution in [1.29, 1.82) is 0 Å². The Balaban J connectivity index is 2.51. The number of benzene rings is 1. The van der Waals surface area contributed by atoms with Crippen LogP contribution in [0.1, 0.15) is 33.1 Å². The molecule has 3 heteroatoms. The van der Waals surface area contributed by atoms with Gasteiger partial charge in [-0.2, -0.15) is 0 Å². The van der Waals surface area contributed by atoms with Gasteiger partial charge in [-0.3, -0.25) is 0 Å². The number of carbonyl (C=O) groups excluding carboxylic acids is 1. The van der Waals surface area contributed by atoms with Crippen LogP contribution in [0.3, 0.4) is 0 Å². The quantitative estimate of drug-likeness (QED) is 0.620. The molecule has 2 aromatic rings. The molecule has 0 aliphatic rings. The molecule has 0 amide bonds. The SMILES string of the molecule is CCCC/C=c1\o/c(=C\C(=O)OCC)c2ccccc12. The van der Waals surface area contributed by atoms with Crippen molar-refractivity contribution in [2.75, 3.05) is 6.61 Å². The van der Waals surface area contributed by atoms with Gasteiger partial charge in [-0.05, 0) is 25.8 Å². The molecule has 2 rings (SSSR count). The molecule has 0 fully saturated rings. The van der Waals surface area contributed by atoms with Gasteiger partial charge in [0.2, 0.25) is 0 Å². The van der Waals surface area contributed by atoms with Crippen molar-refractivity contribution >= 4 is 28.9 Å². The molecule has 1 aromatic carbocycles. The van der Waals surface area contributed by atoms with Gasteiger partial charge in [0.05, 0.1) is 12.7 Å². The summed E-state index contributed by atoms with van der Waals surface area (Å²) >= 11 is 0. The molecule has 0 N–H and O–H groups in total. The fourth-order valence-electron chi connectivity index (χ4n) is 2.13. The number of ether oxygens (including phenoxy) is 1. The zero-order valence-electron chi connectivity index (χ0n) is 12.0. The van der Waals surface area contributed by atoms with E-state index in [0.29, 0.717) is 12.0 Å². The second-order valence-electron chi connectivity index (χ2n) is 4.62. The molecular weight excluding hydrogens is 252 g/mol. The number of unbranched alkanes of at least 4 members (excludes halogenated alkanes) is 2. The summed E-state index contributed by atoms with van der Waals surface area (Å²) in [6.07, 6.45) is 6.77. The smallest absolute Gasteiger partial charge is 0.334 e. The summed E-state index contributed by atoms with van der Waals surface area (Å²) in [5, 5.41) is 1.99. The number of hydrogen-bond donors (Lipinski definition) is 0. The van der Waals surface area contributed by atoms with Gasteiger partial charge in [0, 0.05) is 10.8 Å². The van der Waals surface area contributed by atoms with Crippen LogP contribution < -0.4 is 10.8 Å². The van der Waals surface area contributed by atoms with E-state index < -0.39 is 0 Å². The Morgan fingerprint density at radius 1 is 1.20 bits per heavy atom. The van der Waals surface area contributed by atoms with Gasteiger partial charge < -0.3 is 9.15 Å². The predicted molar refractivity (Wildman–Crippen MR) is 80.6 cm³/mol. The number of hydrogen-bond acceptors (Lipinski definition) is 3. The summed E-state index contributed by atoms with van der Waals surface area (Å²) in [5.41, 5.74) is 1.41. The maximum absolute atomic E-state index is 11.6. The number of carbonyl (C=O) groups is 1. The molecule has 1 heterocycles. The monoisotopic (exact) mass is 272 g/mol. The highest BCUT2D eigenvalue weighted by molar-refractivity contribution is 6.01. The second-order valence-corrected chi connectivity index (χ2v) is 4.62. The number of rotatable bonds is 5. The molecule has 0 unspecified atom stereocenters. The molecule has 0 saturated heterocycles. The summed E-state index contributed by atoms with van der Waals surface area (Å²) in [6.45, 7) is 4.31. The highest BCUT2D eigenvalue weighted by Gasteiger charge is 2.04. The zero-order valence-corrected chi connectivity index (χ0v) is 12.0. The van der Waals surface area contributed by atoms with Gasteiger partial charge in [0.25, 0.3) is 0 Å². The van der Waals surface area contributed by atoms with Crippen LogP contribution in [0.4, 0.5) is 0 Å². The van der Waals surface area contributed by atoms with Crippen LogP contribution in [0.25, 0.3) is 22.9 Å². The molecule has 0 atom stereocenters. The van der Waals surface area contributed by atoms with Crippen molar-refractivity contribution in [3.8, 4) is 0 Å². The third-order valence-electron chi connectivity index (χ3n) is 3.10. The van der Waals surface area contributed by atoms with Crippen molar-refractivity contribution in [2.45, 2.75) is 33.1 Å². The molecule has 0 radical (unpaired) electrons. The van der Waals surface area contributed by atoms with Crippen LogP contribution in [0.2, 0.25) is 0 Å². The summed E-state index contributed by atoms with van der Waals surface area (Å²) in [7, 11) is 0. The lowest BCUT2D eigenvalue weighted by Gasteiger charge is -1.92. The maximum Gasteiger partial charge on any atom is 0.334 e. The van der Waals surface area contributed by atoms with Crippen molar-refractivity contribution < 1.29 is 13.9 Å². The van der Waals surface area contributed by atoms with Crippen LogP contribution in [0, 0.1) is 0 Å². The van der Waals surface area contributed by atoms with Gasteiger partial charge in [-0.25, -0.2) is 4.79 Å². The van der Waals surface area contributed by atoms with E-state index >= 15 is 0 Å². The van der Waals surface area contributed by atoms with E-state index in [9.17, 15) is 4.79 Å². The second kappa shape index (κ2) is 6.94. The molecule has 0 bridgehead atoms. The van der Waals surface area contributed by atoms with Crippen molar-refractivity contribution in [2.24, 2.45) is 0 Å². The van der Waals surface area contributed by atoms with E-state index in [-0.39, 0.29) is 5.97 Å². The van der Waals surface area contributed by atoms with Gasteiger partial charge in [-0.15, -0.1) is 0 Å². The van der Waals surface area contributed by atoms with Gasteiger partial charge in [0.15, 0.2) is 0 Å². The molecular formula is C17H20O3. The first-order chi connectivity index (χ1) is 9.76. The Morgan fingerprint density at radius 3 is 2.55 bits per heavy atom. The third-order valence-corrected chi connectivity index (χ3v) is 3.10. The molecule has 0 spiro atoms. The van der Waals surface area contributed by atoms with Crippen LogP contribution in [-0.2, 0) is 9.53 Å². The minimum absolute atomic E-state index is 0.365. The Hall–Kier alpha value is -2.03. The lowest BCUT2D eigenvalue weighted by molar-refractivity contribution is -0.135. The first kappa shape index (κ1) is 14.4. The van der Waals surface area contributed by atoms with E-state index in [2.05, 4.69) is 13.0 Å². The topological polar surface area (TPSA) is 39.4 Å². The Kier molecular flexibility index (Phi) is 4.99. The molecule has 3 nitrogen and oxygen atoms in total. The first-order valence-electron chi connectivity index (χ1n) is 7.12. The molecule has 1 aromatic heterocycles. The molecule has 106 valence electrons. The average molecular weight is 272 g/mol. The molecule has 0 aliphatic heterocycles. The molecule has 20 heavy (non-hydrogen) atoms. The van der Waals surface area contributed by atoms with Crippen molar-refractivity contribution in [3.05, 3.63) is 35.1 Å². The summed E-state index contributed by atoms with van der Waals surface area (Å²) in [6, 6.07) is 7.89. The number of furan rings is 1. The van der Waals surface area contributed by atoms with E-state index in [1.54, 1.807) is 6.92 Å². The van der Waals surface area contributed by atoms with Crippen LogP contribution in [0.5, 0.6) is 0 Å². The third kappa shape index (κ3) is 3.29. The number of fused-ring (bicyclic) bond motifs is 1. The van der Waals surface area contributed by atoms with Crippen LogP contribution in [-0.4, -0.2) is 12.6 Å². The fourth-order valence-corrected chi connectivity index (χ4v) is 2.13. The Morgan fingerprint density at radius 2 is 1.90 bits per heavy atom. The van der Waals surface area contributed by atoms with Crippen LogP contribution >= 0.6 is 0 Å². The minimum Gasteiger partial charge on any atom is -0.463 e. The normalized spacial score (nSPS) is 13.1. The van der Waals surface area contributed by atoms with E-state index in [4.69, 9.17) is 9.15 Å². The lowest BCUT2D eigenvalue weighted by Crippen LogP contribution is -2.07. The standard InChI is InChI=1S/C17H20O3/c1-3-5-6-11-15-13-9-7-8-10-14(13)16(20-15)12-17(18)19-4-2/h7-12H,3-6H2,1-2H3/b15-11-,16-12-. The fraction of sp³-hybridized carbons (Fsp3) is 0.353. The van der Waals surface area contributed by atoms with Crippen molar-refractivity contribution in [3.63, 3.8) is 0 Å². The minimum atomic E-state index is -0.368. The zero-order chi connectivity index (χ0) is 14.4. The highest BCUT2D eigenvalue weighted by atomic mass is 16.5. The van der Waals surface area contributed by atoms with Gasteiger partial charge in [0.1, 0.15) is 10.8 Å². The molecule has 0 aliphatic carbocycles. The van der Waals surface area contributed by atoms with Gasteiger partial charge >= 0.3 is 5.97 Å². The summed E-state index contributed by atoms with van der Waals surface area (Å²) in [5.74, 6) is -0.368.